The van der Waals surface area contributed by atoms with Crippen molar-refractivity contribution >= 4 is 5.97 Å². The minimum absolute atomic E-state index is 0.00164. The summed E-state index contributed by atoms with van der Waals surface area (Å²) in [5, 5.41) is 20.6. The fourth-order valence-electron chi connectivity index (χ4n) is 8.13. The minimum Gasteiger partial charge on any atom is -0.481 e. The molecule has 0 spiro atoms. The summed E-state index contributed by atoms with van der Waals surface area (Å²) in [4.78, 5) is 11.8. The Bertz CT molecular complexity index is 576. The van der Waals surface area contributed by atoms with Crippen molar-refractivity contribution < 1.29 is 19.7 Å². The van der Waals surface area contributed by atoms with Gasteiger partial charge in [0.1, 0.15) is 0 Å². The maximum absolute atomic E-state index is 11.8. The van der Waals surface area contributed by atoms with Crippen molar-refractivity contribution in [1.82, 2.24) is 0 Å². The average Bonchev–Trinajstić information content (AvgIpc) is 2.93. The summed E-state index contributed by atoms with van der Waals surface area (Å²) in [5.41, 5.74) is -0.329. The number of aliphatic carboxylic acids is 1. The van der Waals surface area contributed by atoms with Crippen LogP contribution < -0.4 is 0 Å². The average molecular weight is 365 g/mol. The van der Waals surface area contributed by atoms with Crippen LogP contribution in [0.4, 0.5) is 0 Å². The molecule has 4 aliphatic rings. The number of hydrogen-bond donors (Lipinski definition) is 2. The van der Waals surface area contributed by atoms with Crippen LogP contribution in [-0.4, -0.2) is 35.5 Å². The topological polar surface area (TPSA) is 66.8 Å². The molecule has 4 rings (SSSR count). The lowest BCUT2D eigenvalue weighted by Crippen LogP contribution is -2.56. The number of methoxy groups -OCH3 is 1. The molecule has 4 heteroatoms. The Balaban J connectivity index is 1.56. The highest BCUT2D eigenvalue weighted by molar-refractivity contribution is 5.71. The van der Waals surface area contributed by atoms with Crippen LogP contribution in [0.15, 0.2) is 0 Å². The molecule has 0 unspecified atom stereocenters. The molecule has 0 bridgehead atoms. The maximum Gasteiger partial charge on any atom is 0.307 e. The van der Waals surface area contributed by atoms with E-state index in [2.05, 4.69) is 13.8 Å². The predicted octanol–water partition coefficient (Wildman–Crippen LogP) is 4.11. The highest BCUT2D eigenvalue weighted by Crippen LogP contribution is 2.68. The molecule has 4 aliphatic carbocycles. The van der Waals surface area contributed by atoms with Gasteiger partial charge in [-0.05, 0) is 92.3 Å². The normalized spacial score (nSPS) is 53.5. The molecule has 4 nitrogen and oxygen atoms in total. The van der Waals surface area contributed by atoms with Crippen LogP contribution in [-0.2, 0) is 9.53 Å². The number of ether oxygens (including phenoxy) is 1. The first-order valence-electron chi connectivity index (χ1n) is 10.7. The van der Waals surface area contributed by atoms with E-state index < -0.39 is 11.6 Å². The lowest BCUT2D eigenvalue weighted by Gasteiger charge is -2.61. The van der Waals surface area contributed by atoms with Gasteiger partial charge in [0.2, 0.25) is 0 Å². The summed E-state index contributed by atoms with van der Waals surface area (Å²) >= 11 is 0. The predicted molar refractivity (Wildman–Crippen MR) is 99.7 cm³/mol. The zero-order valence-corrected chi connectivity index (χ0v) is 16.7. The maximum atomic E-state index is 11.8. The molecule has 0 aromatic carbocycles. The fourth-order valence-corrected chi connectivity index (χ4v) is 8.13. The molecular weight excluding hydrogens is 328 g/mol. The number of rotatable bonds is 3. The Morgan fingerprint density at radius 3 is 2.42 bits per heavy atom. The first-order valence-corrected chi connectivity index (χ1v) is 10.7. The third-order valence-corrected chi connectivity index (χ3v) is 9.53. The van der Waals surface area contributed by atoms with Crippen LogP contribution in [0.25, 0.3) is 0 Å². The first kappa shape index (κ1) is 18.7. The van der Waals surface area contributed by atoms with Gasteiger partial charge in [-0.15, -0.1) is 0 Å². The van der Waals surface area contributed by atoms with E-state index in [0.29, 0.717) is 35.7 Å². The molecule has 0 amide bonds. The van der Waals surface area contributed by atoms with E-state index in [1.165, 1.54) is 19.3 Å². The molecule has 148 valence electrons. The summed E-state index contributed by atoms with van der Waals surface area (Å²) in [6.07, 6.45) is 9.43. The second-order valence-electron chi connectivity index (χ2n) is 10.5. The van der Waals surface area contributed by atoms with Crippen LogP contribution in [0.1, 0.15) is 71.6 Å². The number of carbonyl (C=O) groups is 1. The Morgan fingerprint density at radius 2 is 1.73 bits per heavy atom. The highest BCUT2D eigenvalue weighted by atomic mass is 16.5. The Kier molecular flexibility index (Phi) is 4.47. The summed E-state index contributed by atoms with van der Waals surface area (Å²) in [7, 11) is 1.68. The van der Waals surface area contributed by atoms with E-state index in [-0.39, 0.29) is 11.3 Å². The summed E-state index contributed by atoms with van der Waals surface area (Å²) in [5.74, 6) is 1.85. The number of fused-ring (bicyclic) bond motifs is 5. The van der Waals surface area contributed by atoms with Gasteiger partial charge in [-0.1, -0.05) is 13.8 Å². The van der Waals surface area contributed by atoms with Crippen LogP contribution in [0, 0.1) is 40.4 Å². The van der Waals surface area contributed by atoms with Crippen LogP contribution >= 0.6 is 0 Å². The molecule has 0 aliphatic heterocycles. The summed E-state index contributed by atoms with van der Waals surface area (Å²) in [6.45, 7) is 5.20. The lowest BCUT2D eigenvalue weighted by atomic mass is 9.44. The van der Waals surface area contributed by atoms with Crippen molar-refractivity contribution in [3.63, 3.8) is 0 Å². The van der Waals surface area contributed by atoms with Gasteiger partial charge in [0.15, 0.2) is 0 Å². The molecule has 26 heavy (non-hydrogen) atoms. The van der Waals surface area contributed by atoms with Crippen molar-refractivity contribution in [3.05, 3.63) is 0 Å². The molecule has 2 N–H and O–H groups in total. The molecular formula is C22H36O4. The standard InChI is InChI=1S/C22H36O4/c1-20-10-11-22(25,13-26-3)12-14(20)4-5-15-16-6-7-18(19(23)24)21(16,2)9-8-17(15)20/h14-18,25H,4-13H2,1-3H3,(H,23,24)/t14-,15-,16-,17-,18+,20-,21-,22+/m0/s1. The van der Waals surface area contributed by atoms with E-state index in [9.17, 15) is 15.0 Å². The van der Waals surface area contributed by atoms with Gasteiger partial charge < -0.3 is 14.9 Å². The smallest absolute Gasteiger partial charge is 0.307 e. The Hall–Kier alpha value is -0.610. The number of aliphatic hydroxyl groups is 1. The second-order valence-corrected chi connectivity index (χ2v) is 10.5. The van der Waals surface area contributed by atoms with Gasteiger partial charge in [-0.3, -0.25) is 4.79 Å². The van der Waals surface area contributed by atoms with Crippen LogP contribution in [0.5, 0.6) is 0 Å². The van der Waals surface area contributed by atoms with Crippen molar-refractivity contribution in [2.45, 2.75) is 77.2 Å². The fraction of sp³-hybridized carbons (Fsp3) is 0.955. The highest BCUT2D eigenvalue weighted by Gasteiger charge is 2.62. The molecule has 0 radical (unpaired) electrons. The molecule has 4 saturated carbocycles. The third kappa shape index (κ3) is 2.58. The van der Waals surface area contributed by atoms with Gasteiger partial charge >= 0.3 is 5.97 Å². The number of hydrogen-bond acceptors (Lipinski definition) is 3. The molecule has 4 fully saturated rings. The molecule has 8 atom stereocenters. The van der Waals surface area contributed by atoms with E-state index in [0.717, 1.165) is 38.5 Å². The van der Waals surface area contributed by atoms with E-state index in [1.54, 1.807) is 7.11 Å². The molecule has 0 aromatic rings. The van der Waals surface area contributed by atoms with Gasteiger partial charge in [0, 0.05) is 7.11 Å². The summed E-state index contributed by atoms with van der Waals surface area (Å²) < 4.78 is 5.30. The Morgan fingerprint density at radius 1 is 1.00 bits per heavy atom. The van der Waals surface area contributed by atoms with E-state index >= 15 is 0 Å². The summed E-state index contributed by atoms with van der Waals surface area (Å²) in [6, 6.07) is 0. The van der Waals surface area contributed by atoms with Gasteiger partial charge in [0.05, 0.1) is 18.1 Å². The zero-order valence-electron chi connectivity index (χ0n) is 16.7. The van der Waals surface area contributed by atoms with Crippen molar-refractivity contribution in [1.29, 1.82) is 0 Å². The molecule has 0 heterocycles. The van der Waals surface area contributed by atoms with Crippen LogP contribution in [0.3, 0.4) is 0 Å². The molecule has 0 saturated heterocycles. The third-order valence-electron chi connectivity index (χ3n) is 9.53. The van der Waals surface area contributed by atoms with Crippen molar-refractivity contribution in [2.24, 2.45) is 40.4 Å². The zero-order chi connectivity index (χ0) is 18.7. The number of carboxylic acid groups (broad SMARTS) is 1. The van der Waals surface area contributed by atoms with E-state index in [1.807, 2.05) is 0 Å². The Labute approximate surface area is 157 Å². The van der Waals surface area contributed by atoms with Crippen molar-refractivity contribution in [3.8, 4) is 0 Å². The van der Waals surface area contributed by atoms with Crippen molar-refractivity contribution in [2.75, 3.05) is 13.7 Å². The van der Waals surface area contributed by atoms with E-state index in [4.69, 9.17) is 4.74 Å². The number of carboxylic acids is 1. The van der Waals surface area contributed by atoms with Gasteiger partial charge in [0.25, 0.3) is 0 Å². The largest absolute Gasteiger partial charge is 0.481 e. The van der Waals surface area contributed by atoms with Gasteiger partial charge in [-0.2, -0.15) is 0 Å². The monoisotopic (exact) mass is 364 g/mol. The SMILES string of the molecule is COC[C@@]1(O)CC[C@@]2(C)[C@@H](CC[C@@H]3[C@@H]2CC[C@]2(C)[C@@H](C(=O)O)CC[C@@H]32)C1. The second kappa shape index (κ2) is 6.20. The quantitative estimate of drug-likeness (QED) is 0.791. The van der Waals surface area contributed by atoms with Crippen LogP contribution in [0.2, 0.25) is 0 Å². The molecule has 0 aromatic heterocycles. The lowest BCUT2D eigenvalue weighted by molar-refractivity contribution is -0.167. The van der Waals surface area contributed by atoms with Gasteiger partial charge in [-0.25, -0.2) is 0 Å². The first-order chi connectivity index (χ1) is 12.2. The minimum atomic E-state index is -0.642.